The van der Waals surface area contributed by atoms with E-state index in [2.05, 4.69) is 0 Å². The second-order valence-corrected chi connectivity index (χ2v) is 2.66. The summed E-state index contributed by atoms with van der Waals surface area (Å²) in [7, 11) is 0. The molecule has 0 aromatic carbocycles. The molecule has 0 bridgehead atoms. The fraction of sp³-hybridized carbons (Fsp3) is 1.00. The van der Waals surface area contributed by atoms with Gasteiger partial charge in [0.2, 0.25) is 0 Å². The van der Waals surface area contributed by atoms with E-state index in [1.54, 1.807) is 0 Å². The van der Waals surface area contributed by atoms with Gasteiger partial charge in [-0.15, -0.1) is 5.06 Å². The van der Waals surface area contributed by atoms with Gasteiger partial charge in [0.1, 0.15) is 26.4 Å². The quantitative estimate of drug-likeness (QED) is 0.570. The number of ether oxygens (including phenoxy) is 3. The topological polar surface area (TPSA) is 80.6 Å². The van der Waals surface area contributed by atoms with Crippen molar-refractivity contribution in [3.8, 4) is 0 Å². The fourth-order valence-electron chi connectivity index (χ4n) is 0.851. The lowest BCUT2D eigenvalue weighted by atomic mass is 10.4. The van der Waals surface area contributed by atoms with E-state index >= 15 is 0 Å². The minimum Gasteiger partial charge on any atom is -0.394 e. The van der Waals surface area contributed by atoms with E-state index in [0.717, 1.165) is 0 Å². The Bertz CT molecular complexity index is 132. The molecule has 0 amide bonds. The van der Waals surface area contributed by atoms with Gasteiger partial charge in [0.15, 0.2) is 6.79 Å². The molecule has 1 aliphatic rings. The molecule has 1 atom stereocenters. The van der Waals surface area contributed by atoms with Crippen molar-refractivity contribution >= 4 is 0 Å². The van der Waals surface area contributed by atoms with Crippen LogP contribution in [0.25, 0.3) is 0 Å². The number of hydrogen-bond acceptors (Lipinski definition) is 7. The van der Waals surface area contributed by atoms with Crippen LogP contribution in [-0.4, -0.2) is 61.6 Å². The zero-order valence-electron chi connectivity index (χ0n) is 7.79. The minimum absolute atomic E-state index is 0.0570. The molecule has 1 heterocycles. The van der Waals surface area contributed by atoms with Crippen LogP contribution in [0.4, 0.5) is 0 Å². The number of hydrogen-bond donors (Lipinski definition) is 2. The first-order chi connectivity index (χ1) is 6.86. The average molecular weight is 209 g/mol. The van der Waals surface area contributed by atoms with E-state index in [-0.39, 0.29) is 40.3 Å². The van der Waals surface area contributed by atoms with Crippen molar-refractivity contribution in [2.75, 3.05) is 40.3 Å². The number of hydroxylamine groups is 2. The Morgan fingerprint density at radius 2 is 2.07 bits per heavy atom. The summed E-state index contributed by atoms with van der Waals surface area (Å²) in [6, 6.07) is 0. The van der Waals surface area contributed by atoms with Crippen LogP contribution in [0.1, 0.15) is 0 Å². The lowest BCUT2D eigenvalue weighted by Gasteiger charge is -2.23. The van der Waals surface area contributed by atoms with Crippen LogP contribution >= 0.6 is 0 Å². The zero-order valence-corrected chi connectivity index (χ0v) is 7.79. The van der Waals surface area contributed by atoms with Gasteiger partial charge in [0, 0.05) is 0 Å². The molecule has 0 radical (unpaired) electrons. The maximum atomic E-state index is 8.83. The molecule has 1 aliphatic heterocycles. The van der Waals surface area contributed by atoms with Crippen molar-refractivity contribution < 1.29 is 29.3 Å². The first kappa shape index (κ1) is 11.8. The highest BCUT2D eigenvalue weighted by Gasteiger charge is 2.12. The van der Waals surface area contributed by atoms with Gasteiger partial charge >= 0.3 is 0 Å². The van der Waals surface area contributed by atoms with E-state index in [4.69, 9.17) is 29.3 Å². The summed E-state index contributed by atoms with van der Waals surface area (Å²) in [4.78, 5) is 4.97. The summed E-state index contributed by atoms with van der Waals surface area (Å²) in [5, 5.41) is 18.8. The van der Waals surface area contributed by atoms with E-state index in [1.165, 1.54) is 5.06 Å². The molecule has 7 heteroatoms. The Kier molecular flexibility index (Phi) is 5.96. The Hall–Kier alpha value is -0.280. The van der Waals surface area contributed by atoms with Gasteiger partial charge in [-0.2, -0.15) is 0 Å². The normalized spacial score (nSPS) is 27.4. The molecule has 7 nitrogen and oxygen atoms in total. The standard InChI is InChI=1S/C7H15NO6/c9-1-7-2-11-5-12-4-8(3-10)14-6-13-7/h7,9-10H,1-6H2. The molecule has 0 aromatic rings. The molecular weight excluding hydrogens is 194 g/mol. The smallest absolute Gasteiger partial charge is 0.167 e. The average Bonchev–Trinajstić information content (AvgIpc) is 2.24. The van der Waals surface area contributed by atoms with Crippen molar-refractivity contribution in [3.05, 3.63) is 0 Å². The Morgan fingerprint density at radius 1 is 1.21 bits per heavy atom. The maximum Gasteiger partial charge on any atom is 0.167 e. The van der Waals surface area contributed by atoms with Crippen LogP contribution in [0.3, 0.4) is 0 Å². The summed E-state index contributed by atoms with van der Waals surface area (Å²) >= 11 is 0. The van der Waals surface area contributed by atoms with Gasteiger partial charge in [-0.3, -0.25) is 4.84 Å². The molecule has 84 valence electrons. The van der Waals surface area contributed by atoms with Gasteiger partial charge < -0.3 is 24.4 Å². The predicted octanol–water partition coefficient (Wildman–Crippen LogP) is -1.53. The second-order valence-electron chi connectivity index (χ2n) is 2.66. The molecular formula is C7H15NO6. The van der Waals surface area contributed by atoms with Crippen LogP contribution in [-0.2, 0) is 19.0 Å². The lowest BCUT2D eigenvalue weighted by molar-refractivity contribution is -0.308. The lowest BCUT2D eigenvalue weighted by Crippen LogP contribution is -2.34. The third-order valence-corrected chi connectivity index (χ3v) is 1.61. The molecule has 14 heavy (non-hydrogen) atoms. The van der Waals surface area contributed by atoms with E-state index in [0.29, 0.717) is 0 Å². The first-order valence-electron chi connectivity index (χ1n) is 4.23. The van der Waals surface area contributed by atoms with Gasteiger partial charge in [0.05, 0.1) is 13.2 Å². The maximum absolute atomic E-state index is 8.83. The molecule has 1 fully saturated rings. The fourth-order valence-corrected chi connectivity index (χ4v) is 0.851. The molecule has 0 spiro atoms. The van der Waals surface area contributed by atoms with E-state index in [1.807, 2.05) is 0 Å². The SMILES string of the molecule is OCC1COCOCN(CO)OCO1. The number of nitrogens with zero attached hydrogens (tertiary/aromatic N) is 1. The van der Waals surface area contributed by atoms with Crippen LogP contribution in [0, 0.1) is 0 Å². The largest absolute Gasteiger partial charge is 0.394 e. The summed E-state index contributed by atoms with van der Waals surface area (Å²) < 4.78 is 15.1. The van der Waals surface area contributed by atoms with Crippen LogP contribution in [0.5, 0.6) is 0 Å². The monoisotopic (exact) mass is 209 g/mol. The Morgan fingerprint density at radius 3 is 2.79 bits per heavy atom. The van der Waals surface area contributed by atoms with Crippen LogP contribution in [0.2, 0.25) is 0 Å². The van der Waals surface area contributed by atoms with Crippen LogP contribution in [0.15, 0.2) is 0 Å². The zero-order chi connectivity index (χ0) is 10.2. The minimum atomic E-state index is -0.433. The van der Waals surface area contributed by atoms with E-state index in [9.17, 15) is 0 Å². The number of rotatable bonds is 2. The van der Waals surface area contributed by atoms with Crippen molar-refractivity contribution in [3.63, 3.8) is 0 Å². The van der Waals surface area contributed by atoms with Gasteiger partial charge in [0.25, 0.3) is 0 Å². The Balaban J connectivity index is 2.29. The van der Waals surface area contributed by atoms with Gasteiger partial charge in [-0.1, -0.05) is 0 Å². The number of aliphatic hydroxyl groups excluding tert-OH is 2. The Labute approximate surface area is 81.7 Å². The highest BCUT2D eigenvalue weighted by molar-refractivity contribution is 4.51. The molecule has 1 rings (SSSR count). The summed E-state index contributed by atoms with van der Waals surface area (Å²) in [5.41, 5.74) is 0. The summed E-state index contributed by atoms with van der Waals surface area (Å²) in [6.07, 6.45) is -0.433. The molecule has 0 aromatic heterocycles. The van der Waals surface area contributed by atoms with Crippen molar-refractivity contribution in [2.45, 2.75) is 6.10 Å². The highest BCUT2D eigenvalue weighted by Crippen LogP contribution is 1.99. The van der Waals surface area contributed by atoms with Gasteiger partial charge in [-0.25, -0.2) is 0 Å². The van der Waals surface area contributed by atoms with E-state index < -0.39 is 6.10 Å². The molecule has 0 saturated carbocycles. The summed E-state index contributed by atoms with van der Waals surface area (Å²) in [6.45, 7) is -0.0868. The molecule has 0 aliphatic carbocycles. The van der Waals surface area contributed by atoms with Crippen molar-refractivity contribution in [1.29, 1.82) is 0 Å². The predicted molar refractivity (Wildman–Crippen MR) is 43.6 cm³/mol. The summed E-state index contributed by atoms with van der Waals surface area (Å²) in [5.74, 6) is 0. The molecule has 1 saturated heterocycles. The van der Waals surface area contributed by atoms with Crippen LogP contribution < -0.4 is 0 Å². The first-order valence-corrected chi connectivity index (χ1v) is 4.23. The third kappa shape index (κ3) is 4.29. The second kappa shape index (κ2) is 7.07. The number of aliphatic hydroxyl groups is 2. The highest BCUT2D eigenvalue weighted by atomic mass is 16.8. The van der Waals surface area contributed by atoms with Crippen molar-refractivity contribution in [1.82, 2.24) is 5.06 Å². The molecule has 1 unspecified atom stereocenters. The third-order valence-electron chi connectivity index (χ3n) is 1.61. The molecule has 2 N–H and O–H groups in total. The van der Waals surface area contributed by atoms with Gasteiger partial charge in [-0.05, 0) is 0 Å². The van der Waals surface area contributed by atoms with Crippen molar-refractivity contribution in [2.24, 2.45) is 0 Å².